The molecule has 0 aliphatic carbocycles. The zero-order chi connectivity index (χ0) is 14.5. The van der Waals surface area contributed by atoms with Gasteiger partial charge >= 0.3 is 0 Å². The molecule has 0 aliphatic rings. The van der Waals surface area contributed by atoms with Gasteiger partial charge in [0.1, 0.15) is 17.9 Å². The molecule has 1 aromatic heterocycles. The Hall–Kier alpha value is -2.43. The van der Waals surface area contributed by atoms with Crippen molar-refractivity contribution in [1.82, 2.24) is 4.98 Å². The highest BCUT2D eigenvalue weighted by molar-refractivity contribution is 5.81. The average Bonchev–Trinajstić information content (AvgIpc) is 2.48. The van der Waals surface area contributed by atoms with Crippen molar-refractivity contribution in [1.29, 1.82) is 0 Å². The molecule has 0 spiro atoms. The quantitative estimate of drug-likeness (QED) is 0.787. The van der Waals surface area contributed by atoms with Gasteiger partial charge in [-0.15, -0.1) is 0 Å². The first-order chi connectivity index (χ1) is 9.69. The number of hydrogen-bond donors (Lipinski definition) is 0. The van der Waals surface area contributed by atoms with Crippen LogP contribution in [0.2, 0.25) is 0 Å². The molecule has 0 bridgehead atoms. The first kappa shape index (κ1) is 14.0. The maximum atomic E-state index is 14.0. The molecule has 2 rings (SSSR count). The van der Waals surface area contributed by atoms with E-state index in [1.807, 2.05) is 6.92 Å². The molecule has 4 nitrogen and oxygen atoms in total. The Labute approximate surface area is 116 Å². The van der Waals surface area contributed by atoms with Crippen LogP contribution < -0.4 is 9.47 Å². The fourth-order valence-electron chi connectivity index (χ4n) is 1.85. The van der Waals surface area contributed by atoms with Crippen LogP contribution in [0.25, 0.3) is 11.1 Å². The minimum Gasteiger partial charge on any atom is -0.493 e. The van der Waals surface area contributed by atoms with Crippen LogP contribution in [-0.4, -0.2) is 25.0 Å². The van der Waals surface area contributed by atoms with E-state index in [1.165, 1.54) is 13.2 Å². The van der Waals surface area contributed by atoms with Crippen LogP contribution in [0.5, 0.6) is 11.6 Å². The van der Waals surface area contributed by atoms with Crippen LogP contribution in [0.1, 0.15) is 17.3 Å². The summed E-state index contributed by atoms with van der Waals surface area (Å²) in [5.41, 5.74) is 1.22. The normalized spacial score (nSPS) is 10.2. The van der Waals surface area contributed by atoms with Crippen molar-refractivity contribution in [2.75, 3.05) is 13.7 Å². The molecule has 0 radical (unpaired) electrons. The van der Waals surface area contributed by atoms with Crippen molar-refractivity contribution in [3.63, 3.8) is 0 Å². The second-order valence-corrected chi connectivity index (χ2v) is 4.01. The van der Waals surface area contributed by atoms with E-state index in [9.17, 15) is 9.18 Å². The van der Waals surface area contributed by atoms with Gasteiger partial charge in [-0.2, -0.15) is 0 Å². The van der Waals surface area contributed by atoms with E-state index in [0.717, 1.165) is 6.20 Å². The highest BCUT2D eigenvalue weighted by Gasteiger charge is 2.14. The molecule has 0 N–H and O–H groups in total. The van der Waals surface area contributed by atoms with Gasteiger partial charge in [0, 0.05) is 22.8 Å². The summed E-state index contributed by atoms with van der Waals surface area (Å²) in [5.74, 6) is 0.292. The topological polar surface area (TPSA) is 48.4 Å². The average molecular weight is 275 g/mol. The summed E-state index contributed by atoms with van der Waals surface area (Å²) < 4.78 is 24.5. The van der Waals surface area contributed by atoms with E-state index in [2.05, 4.69) is 4.98 Å². The van der Waals surface area contributed by atoms with Crippen LogP contribution in [0.3, 0.4) is 0 Å². The van der Waals surface area contributed by atoms with Gasteiger partial charge in [-0.3, -0.25) is 4.79 Å². The lowest BCUT2D eigenvalue weighted by Gasteiger charge is -2.12. The van der Waals surface area contributed by atoms with E-state index in [1.54, 1.807) is 18.2 Å². The second-order valence-electron chi connectivity index (χ2n) is 4.01. The zero-order valence-corrected chi connectivity index (χ0v) is 11.2. The molecular weight excluding hydrogens is 261 g/mol. The second kappa shape index (κ2) is 6.14. The summed E-state index contributed by atoms with van der Waals surface area (Å²) in [6.45, 7) is 2.28. The fraction of sp³-hybridized carbons (Fsp3) is 0.200. The van der Waals surface area contributed by atoms with E-state index in [-0.39, 0.29) is 5.56 Å². The third-order valence-corrected chi connectivity index (χ3v) is 2.77. The molecule has 0 amide bonds. The summed E-state index contributed by atoms with van der Waals surface area (Å²) in [4.78, 5) is 14.7. The van der Waals surface area contributed by atoms with Crippen molar-refractivity contribution in [2.45, 2.75) is 6.92 Å². The molecule has 0 unspecified atom stereocenters. The predicted octanol–water partition coefficient (Wildman–Crippen LogP) is 3.11. The SMILES string of the molecule is CCOc1ccc(C=O)cc1-c1cc(OC)ncc1F. The van der Waals surface area contributed by atoms with E-state index < -0.39 is 5.82 Å². The number of carbonyl (C=O) groups excluding carboxylic acids is 1. The summed E-state index contributed by atoms with van der Waals surface area (Å²) in [6.07, 6.45) is 1.78. The van der Waals surface area contributed by atoms with Crippen molar-refractivity contribution >= 4 is 6.29 Å². The van der Waals surface area contributed by atoms with E-state index >= 15 is 0 Å². The minimum atomic E-state index is -0.505. The lowest BCUT2D eigenvalue weighted by Crippen LogP contribution is -1.98. The number of pyridine rings is 1. The number of nitrogens with zero attached hydrogens (tertiary/aromatic N) is 1. The van der Waals surface area contributed by atoms with Gasteiger partial charge < -0.3 is 9.47 Å². The molecule has 1 heterocycles. The molecule has 5 heteroatoms. The van der Waals surface area contributed by atoms with Gasteiger partial charge in [-0.05, 0) is 25.1 Å². The van der Waals surface area contributed by atoms with E-state index in [0.29, 0.717) is 35.6 Å². The van der Waals surface area contributed by atoms with Gasteiger partial charge in [0.25, 0.3) is 0 Å². The highest BCUT2D eigenvalue weighted by Crippen LogP contribution is 2.34. The summed E-state index contributed by atoms with van der Waals surface area (Å²) in [7, 11) is 1.45. The van der Waals surface area contributed by atoms with Gasteiger partial charge in [-0.1, -0.05) is 0 Å². The van der Waals surface area contributed by atoms with Crippen LogP contribution in [0.4, 0.5) is 4.39 Å². The first-order valence-corrected chi connectivity index (χ1v) is 6.11. The summed E-state index contributed by atoms with van der Waals surface area (Å²) in [6, 6.07) is 6.32. The molecule has 0 saturated carbocycles. The van der Waals surface area contributed by atoms with Crippen LogP contribution in [0.15, 0.2) is 30.5 Å². The largest absolute Gasteiger partial charge is 0.493 e. The Morgan fingerprint density at radius 2 is 2.10 bits per heavy atom. The van der Waals surface area contributed by atoms with Crippen LogP contribution >= 0.6 is 0 Å². The molecule has 0 atom stereocenters. The molecule has 1 aromatic carbocycles. The van der Waals surface area contributed by atoms with Crippen LogP contribution in [-0.2, 0) is 0 Å². The number of aromatic nitrogens is 1. The van der Waals surface area contributed by atoms with Gasteiger partial charge in [0.05, 0.1) is 19.9 Å². The number of methoxy groups -OCH3 is 1. The Kier molecular flexibility index (Phi) is 4.30. The number of hydrogen-bond acceptors (Lipinski definition) is 4. The first-order valence-electron chi connectivity index (χ1n) is 6.11. The maximum Gasteiger partial charge on any atom is 0.213 e. The number of rotatable bonds is 5. The number of halogens is 1. The van der Waals surface area contributed by atoms with Gasteiger partial charge in [0.2, 0.25) is 5.88 Å². The fourth-order valence-corrected chi connectivity index (χ4v) is 1.85. The number of carbonyl (C=O) groups is 1. The smallest absolute Gasteiger partial charge is 0.213 e. The van der Waals surface area contributed by atoms with Crippen molar-refractivity contribution in [3.8, 4) is 22.8 Å². The molecule has 0 aliphatic heterocycles. The van der Waals surface area contributed by atoms with Gasteiger partial charge in [-0.25, -0.2) is 9.37 Å². The maximum absolute atomic E-state index is 14.0. The Balaban J connectivity index is 2.62. The van der Waals surface area contributed by atoms with E-state index in [4.69, 9.17) is 9.47 Å². The van der Waals surface area contributed by atoms with Gasteiger partial charge in [0.15, 0.2) is 0 Å². The molecular formula is C15H14FNO3. The minimum absolute atomic E-state index is 0.281. The van der Waals surface area contributed by atoms with Crippen molar-refractivity contribution < 1.29 is 18.7 Å². The number of aldehydes is 1. The molecule has 2 aromatic rings. The van der Waals surface area contributed by atoms with Crippen molar-refractivity contribution in [3.05, 3.63) is 41.8 Å². The molecule has 0 saturated heterocycles. The monoisotopic (exact) mass is 275 g/mol. The third kappa shape index (κ3) is 2.77. The molecule has 104 valence electrons. The van der Waals surface area contributed by atoms with Crippen molar-refractivity contribution in [2.24, 2.45) is 0 Å². The number of benzene rings is 1. The Bertz CT molecular complexity index is 629. The lowest BCUT2D eigenvalue weighted by molar-refractivity contribution is 0.112. The van der Waals surface area contributed by atoms with Crippen LogP contribution in [0, 0.1) is 5.82 Å². The lowest BCUT2D eigenvalue weighted by atomic mass is 10.0. The molecule has 20 heavy (non-hydrogen) atoms. The standard InChI is InChI=1S/C15H14FNO3/c1-3-20-14-5-4-10(9-18)6-12(14)11-7-15(19-2)17-8-13(11)16/h4-9H,3H2,1-2H3. The summed E-state index contributed by atoms with van der Waals surface area (Å²) in [5, 5.41) is 0. The third-order valence-electron chi connectivity index (χ3n) is 2.77. The number of ether oxygens (including phenoxy) is 2. The zero-order valence-electron chi connectivity index (χ0n) is 11.2. The Morgan fingerprint density at radius 3 is 2.75 bits per heavy atom. The molecule has 0 fully saturated rings. The predicted molar refractivity (Wildman–Crippen MR) is 72.7 cm³/mol. The highest BCUT2D eigenvalue weighted by atomic mass is 19.1. The summed E-state index contributed by atoms with van der Waals surface area (Å²) >= 11 is 0. The Morgan fingerprint density at radius 1 is 1.30 bits per heavy atom.